The topological polar surface area (TPSA) is 61.4 Å². The van der Waals surface area contributed by atoms with E-state index in [0.29, 0.717) is 11.1 Å². The molecule has 0 amide bonds. The third-order valence-corrected chi connectivity index (χ3v) is 2.69. The van der Waals surface area contributed by atoms with Crippen molar-refractivity contribution in [1.29, 1.82) is 0 Å². The number of oxazole rings is 1. The summed E-state index contributed by atoms with van der Waals surface area (Å²) >= 11 is 0. The summed E-state index contributed by atoms with van der Waals surface area (Å²) in [6, 6.07) is 7.11. The summed E-state index contributed by atoms with van der Waals surface area (Å²) in [4.78, 5) is 23.1. The fourth-order valence-corrected chi connectivity index (χ4v) is 1.74. The zero-order valence-electron chi connectivity index (χ0n) is 10.7. The molecule has 0 aliphatic rings. The van der Waals surface area contributed by atoms with Crippen molar-refractivity contribution in [1.82, 2.24) is 4.57 Å². The Kier molecular flexibility index (Phi) is 4.18. The van der Waals surface area contributed by atoms with Crippen LogP contribution in [0.15, 0.2) is 45.6 Å². The summed E-state index contributed by atoms with van der Waals surface area (Å²) in [5.74, 6) is -0.794. The number of esters is 1. The first-order chi connectivity index (χ1) is 9.22. The van der Waals surface area contributed by atoms with Gasteiger partial charge in [-0.3, -0.25) is 9.36 Å². The van der Waals surface area contributed by atoms with Crippen molar-refractivity contribution in [3.05, 3.63) is 47.0 Å². The van der Waals surface area contributed by atoms with Gasteiger partial charge in [0.2, 0.25) is 0 Å². The third kappa shape index (κ3) is 3.13. The van der Waals surface area contributed by atoms with Gasteiger partial charge in [-0.1, -0.05) is 24.3 Å². The summed E-state index contributed by atoms with van der Waals surface area (Å²) < 4.78 is 11.5. The van der Waals surface area contributed by atoms with E-state index in [2.05, 4.69) is 0 Å². The lowest BCUT2D eigenvalue weighted by Gasteiger charge is -2.02. The Morgan fingerprint density at radius 3 is 3.00 bits per heavy atom. The van der Waals surface area contributed by atoms with Gasteiger partial charge in [0, 0.05) is 6.54 Å². The Morgan fingerprint density at radius 2 is 2.21 bits per heavy atom. The summed E-state index contributed by atoms with van der Waals surface area (Å²) in [5, 5.41) is 0. The number of aromatic nitrogens is 1. The molecule has 0 bridgehead atoms. The quantitative estimate of drug-likeness (QED) is 0.611. The van der Waals surface area contributed by atoms with Gasteiger partial charge in [-0.15, -0.1) is 0 Å². The third-order valence-electron chi connectivity index (χ3n) is 2.69. The molecule has 0 saturated carbocycles. The van der Waals surface area contributed by atoms with E-state index in [0.717, 1.165) is 0 Å². The zero-order valence-corrected chi connectivity index (χ0v) is 10.7. The van der Waals surface area contributed by atoms with Crippen LogP contribution in [0.4, 0.5) is 0 Å². The Bertz CT molecular complexity index is 651. The van der Waals surface area contributed by atoms with Gasteiger partial charge < -0.3 is 9.15 Å². The van der Waals surface area contributed by atoms with Gasteiger partial charge in [-0.2, -0.15) is 0 Å². The van der Waals surface area contributed by atoms with E-state index in [1.807, 2.05) is 13.0 Å². The number of nitrogens with zero attached hydrogens (tertiary/aromatic N) is 1. The molecule has 0 atom stereocenters. The summed E-state index contributed by atoms with van der Waals surface area (Å²) in [6.07, 6.45) is 3.69. The van der Waals surface area contributed by atoms with E-state index in [9.17, 15) is 9.59 Å². The molecule has 0 saturated heterocycles. The Hall–Kier alpha value is -2.30. The molecule has 5 nitrogen and oxygen atoms in total. The van der Waals surface area contributed by atoms with Gasteiger partial charge in [-0.05, 0) is 19.1 Å². The van der Waals surface area contributed by atoms with Gasteiger partial charge in [-0.25, -0.2) is 4.79 Å². The second kappa shape index (κ2) is 6.04. The molecule has 0 N–H and O–H groups in total. The highest BCUT2D eigenvalue weighted by Crippen LogP contribution is 2.12. The fraction of sp³-hybridized carbons (Fsp3) is 0.286. The first-order valence-electron chi connectivity index (χ1n) is 6.07. The molecule has 2 aromatic rings. The van der Waals surface area contributed by atoms with E-state index < -0.39 is 5.76 Å². The standard InChI is InChI=1S/C14H15NO4/c1-2-3-10-18-13(16)8-9-15-11-6-4-5-7-12(11)19-14(15)17/h2-7H,8-10H2,1H3/b3-2+. The number of rotatable bonds is 5. The molecule has 19 heavy (non-hydrogen) atoms. The van der Waals surface area contributed by atoms with E-state index in [1.165, 1.54) is 4.57 Å². The van der Waals surface area contributed by atoms with Crippen molar-refractivity contribution in [2.24, 2.45) is 0 Å². The molecule has 1 heterocycles. The highest BCUT2D eigenvalue weighted by atomic mass is 16.5. The lowest BCUT2D eigenvalue weighted by atomic mass is 10.3. The van der Waals surface area contributed by atoms with Crippen LogP contribution in [-0.4, -0.2) is 17.1 Å². The van der Waals surface area contributed by atoms with Gasteiger partial charge in [0.1, 0.15) is 6.61 Å². The largest absolute Gasteiger partial charge is 0.461 e. The molecule has 2 rings (SSSR count). The Morgan fingerprint density at radius 1 is 1.42 bits per heavy atom. The average molecular weight is 261 g/mol. The van der Waals surface area contributed by atoms with Crippen molar-refractivity contribution in [2.45, 2.75) is 19.9 Å². The van der Waals surface area contributed by atoms with Crippen LogP contribution in [0.25, 0.3) is 11.1 Å². The second-order valence-corrected chi connectivity index (χ2v) is 3.99. The normalized spacial score (nSPS) is 11.2. The smallest absolute Gasteiger partial charge is 0.419 e. The summed E-state index contributed by atoms with van der Waals surface area (Å²) in [6.45, 7) is 2.37. The number of carbonyl (C=O) groups is 1. The van der Waals surface area contributed by atoms with E-state index in [4.69, 9.17) is 9.15 Å². The minimum atomic E-state index is -0.456. The predicted octanol–water partition coefficient (Wildman–Crippen LogP) is 2.10. The van der Waals surface area contributed by atoms with Crippen LogP contribution in [0.5, 0.6) is 0 Å². The number of fused-ring (bicyclic) bond motifs is 1. The zero-order chi connectivity index (χ0) is 13.7. The molecule has 100 valence electrons. The Labute approximate surface area is 110 Å². The van der Waals surface area contributed by atoms with Crippen molar-refractivity contribution in [3.63, 3.8) is 0 Å². The number of carbonyl (C=O) groups excluding carboxylic acids is 1. The van der Waals surface area contributed by atoms with Gasteiger partial charge in [0.05, 0.1) is 11.9 Å². The number of para-hydroxylation sites is 2. The number of allylic oxidation sites excluding steroid dienone is 1. The molecule has 1 aromatic heterocycles. The molecular weight excluding hydrogens is 246 g/mol. The summed E-state index contributed by atoms with van der Waals surface area (Å²) in [5.41, 5.74) is 1.21. The molecule has 5 heteroatoms. The first kappa shape index (κ1) is 13.1. The number of hydrogen-bond donors (Lipinski definition) is 0. The van der Waals surface area contributed by atoms with Crippen LogP contribution in [0.2, 0.25) is 0 Å². The number of benzene rings is 1. The lowest BCUT2D eigenvalue weighted by Crippen LogP contribution is -2.17. The highest BCUT2D eigenvalue weighted by Gasteiger charge is 2.10. The van der Waals surface area contributed by atoms with Crippen molar-refractivity contribution in [2.75, 3.05) is 6.61 Å². The monoisotopic (exact) mass is 261 g/mol. The average Bonchev–Trinajstić information content (AvgIpc) is 2.72. The van der Waals surface area contributed by atoms with Crippen LogP contribution in [0, 0.1) is 0 Å². The molecule has 1 aromatic carbocycles. The number of hydrogen-bond acceptors (Lipinski definition) is 4. The number of ether oxygens (including phenoxy) is 1. The van der Waals surface area contributed by atoms with Crippen LogP contribution in [-0.2, 0) is 16.1 Å². The maximum Gasteiger partial charge on any atom is 0.419 e. The van der Waals surface area contributed by atoms with Gasteiger partial charge in [0.25, 0.3) is 0 Å². The van der Waals surface area contributed by atoms with E-state index in [1.54, 1.807) is 30.4 Å². The van der Waals surface area contributed by atoms with Crippen molar-refractivity contribution < 1.29 is 13.9 Å². The van der Waals surface area contributed by atoms with Crippen molar-refractivity contribution >= 4 is 17.1 Å². The summed E-state index contributed by atoms with van der Waals surface area (Å²) in [7, 11) is 0. The molecular formula is C14H15NO4. The van der Waals surface area contributed by atoms with E-state index in [-0.39, 0.29) is 25.5 Å². The Balaban J connectivity index is 2.04. The molecule has 0 spiro atoms. The van der Waals surface area contributed by atoms with Crippen molar-refractivity contribution in [3.8, 4) is 0 Å². The molecule has 0 fully saturated rings. The van der Waals surface area contributed by atoms with Crippen LogP contribution in [0.3, 0.4) is 0 Å². The number of aryl methyl sites for hydroxylation is 1. The lowest BCUT2D eigenvalue weighted by molar-refractivity contribution is -0.142. The van der Waals surface area contributed by atoms with E-state index >= 15 is 0 Å². The van der Waals surface area contributed by atoms with Crippen LogP contribution >= 0.6 is 0 Å². The molecule has 0 aliphatic heterocycles. The molecule has 0 aliphatic carbocycles. The highest BCUT2D eigenvalue weighted by molar-refractivity contribution is 5.73. The van der Waals surface area contributed by atoms with Crippen LogP contribution < -0.4 is 5.76 Å². The molecule has 0 unspecified atom stereocenters. The minimum Gasteiger partial charge on any atom is -0.461 e. The maximum atomic E-state index is 11.6. The van der Waals surface area contributed by atoms with Crippen LogP contribution in [0.1, 0.15) is 13.3 Å². The maximum absolute atomic E-state index is 11.6. The minimum absolute atomic E-state index is 0.140. The predicted molar refractivity (Wildman–Crippen MR) is 70.9 cm³/mol. The first-order valence-corrected chi connectivity index (χ1v) is 6.07. The van der Waals surface area contributed by atoms with Gasteiger partial charge in [0.15, 0.2) is 5.58 Å². The molecule has 0 radical (unpaired) electrons. The fourth-order valence-electron chi connectivity index (χ4n) is 1.74. The SMILES string of the molecule is C/C=C/COC(=O)CCn1c(=O)oc2ccccc21. The second-order valence-electron chi connectivity index (χ2n) is 3.99. The van der Waals surface area contributed by atoms with Gasteiger partial charge >= 0.3 is 11.7 Å².